The standard InChI is InChI=1S/C25H31N3O4S3/c1-17-14-22-23(15-18(17)2)34-25(28(22)12-13-33-4)26-24(29)19-6-5-11-27(16-19)35(30,31)21-9-7-20(32-3)8-10-21/h7-10,14-15,19H,5-6,11-13,16H2,1-4H3. The van der Waals surface area contributed by atoms with Gasteiger partial charge in [-0.2, -0.15) is 21.1 Å². The molecule has 1 amide bonds. The number of amides is 1. The van der Waals surface area contributed by atoms with Crippen molar-refractivity contribution in [1.82, 2.24) is 8.87 Å². The van der Waals surface area contributed by atoms with Crippen molar-refractivity contribution in [3.63, 3.8) is 0 Å². The Hall–Kier alpha value is -2.14. The fourth-order valence-electron chi connectivity index (χ4n) is 4.25. The number of carbonyl (C=O) groups excluding carboxylic acids is 1. The van der Waals surface area contributed by atoms with Crippen LogP contribution in [0.4, 0.5) is 0 Å². The number of aromatic nitrogens is 1. The summed E-state index contributed by atoms with van der Waals surface area (Å²) in [5.41, 5.74) is 3.50. The number of ether oxygens (including phenoxy) is 1. The molecule has 3 aromatic rings. The zero-order chi connectivity index (χ0) is 25.2. The number of sulfonamides is 1. The number of nitrogens with zero attached hydrogens (tertiary/aromatic N) is 3. The van der Waals surface area contributed by atoms with Gasteiger partial charge >= 0.3 is 0 Å². The molecule has 1 atom stereocenters. The molecule has 1 saturated heterocycles. The summed E-state index contributed by atoms with van der Waals surface area (Å²) in [6.45, 7) is 5.48. The third kappa shape index (κ3) is 5.50. The minimum atomic E-state index is -3.70. The number of hydrogen-bond acceptors (Lipinski definition) is 6. The van der Waals surface area contributed by atoms with Crippen LogP contribution in [-0.4, -0.2) is 55.4 Å². The quantitative estimate of drug-likeness (QED) is 0.454. The summed E-state index contributed by atoms with van der Waals surface area (Å²) in [5, 5.41) is 0. The van der Waals surface area contributed by atoms with E-state index in [9.17, 15) is 13.2 Å². The molecule has 1 aliphatic heterocycles. The van der Waals surface area contributed by atoms with E-state index in [-0.39, 0.29) is 17.3 Å². The highest BCUT2D eigenvalue weighted by molar-refractivity contribution is 7.98. The van der Waals surface area contributed by atoms with Gasteiger partial charge in [-0.3, -0.25) is 4.79 Å². The summed E-state index contributed by atoms with van der Waals surface area (Å²) in [6.07, 6.45) is 3.32. The second-order valence-corrected chi connectivity index (χ2v) is 12.7. The molecular weight excluding hydrogens is 502 g/mol. The summed E-state index contributed by atoms with van der Waals surface area (Å²) >= 11 is 3.27. The lowest BCUT2D eigenvalue weighted by molar-refractivity contribution is -0.122. The van der Waals surface area contributed by atoms with Gasteiger partial charge in [0, 0.05) is 25.4 Å². The molecule has 2 aromatic carbocycles. The van der Waals surface area contributed by atoms with E-state index in [0.29, 0.717) is 29.9 Å². The van der Waals surface area contributed by atoms with Crippen molar-refractivity contribution < 1.29 is 17.9 Å². The molecule has 0 N–H and O–H groups in total. The molecular formula is C25H31N3O4S3. The Morgan fingerprint density at radius 3 is 2.60 bits per heavy atom. The van der Waals surface area contributed by atoms with Crippen LogP contribution in [0.15, 0.2) is 46.3 Å². The molecule has 0 bridgehead atoms. The minimum absolute atomic E-state index is 0.143. The third-order valence-electron chi connectivity index (χ3n) is 6.45. The average Bonchev–Trinajstić information content (AvgIpc) is 3.18. The molecule has 188 valence electrons. The third-order valence-corrected chi connectivity index (χ3v) is 9.96. The highest BCUT2D eigenvalue weighted by Gasteiger charge is 2.33. The lowest BCUT2D eigenvalue weighted by Gasteiger charge is -2.30. The van der Waals surface area contributed by atoms with E-state index in [0.717, 1.165) is 22.5 Å². The number of hydrogen-bond donors (Lipinski definition) is 0. The number of thioether (sulfide) groups is 1. The molecule has 0 radical (unpaired) electrons. The van der Waals surface area contributed by atoms with Crippen LogP contribution in [0.25, 0.3) is 10.2 Å². The predicted molar refractivity (Wildman–Crippen MR) is 143 cm³/mol. The van der Waals surface area contributed by atoms with Crippen LogP contribution in [-0.2, 0) is 21.4 Å². The van der Waals surface area contributed by atoms with Crippen molar-refractivity contribution in [2.75, 3.05) is 32.2 Å². The molecule has 0 saturated carbocycles. The monoisotopic (exact) mass is 533 g/mol. The minimum Gasteiger partial charge on any atom is -0.497 e. The number of piperidine rings is 1. The smallest absolute Gasteiger partial charge is 0.252 e. The molecule has 10 heteroatoms. The van der Waals surface area contributed by atoms with Gasteiger partial charge in [-0.1, -0.05) is 11.3 Å². The summed E-state index contributed by atoms with van der Waals surface area (Å²) in [5.74, 6) is 0.798. The average molecular weight is 534 g/mol. The van der Waals surface area contributed by atoms with E-state index in [4.69, 9.17) is 4.74 Å². The number of carbonyl (C=O) groups is 1. The van der Waals surface area contributed by atoms with Gasteiger partial charge < -0.3 is 9.30 Å². The molecule has 35 heavy (non-hydrogen) atoms. The van der Waals surface area contributed by atoms with Gasteiger partial charge in [0.2, 0.25) is 10.0 Å². The Bertz CT molecular complexity index is 1390. The maximum atomic E-state index is 13.3. The first-order valence-electron chi connectivity index (χ1n) is 11.6. The van der Waals surface area contributed by atoms with E-state index >= 15 is 0 Å². The van der Waals surface area contributed by atoms with Gasteiger partial charge in [0.1, 0.15) is 5.75 Å². The molecule has 1 fully saturated rings. The Morgan fingerprint density at radius 2 is 1.91 bits per heavy atom. The number of aryl methyl sites for hydroxylation is 3. The SMILES string of the molecule is COc1ccc(S(=O)(=O)N2CCCC(C(=O)N=c3sc4cc(C)c(C)cc4n3CCSC)C2)cc1. The van der Waals surface area contributed by atoms with E-state index in [1.165, 1.54) is 33.9 Å². The predicted octanol–water partition coefficient (Wildman–Crippen LogP) is 4.22. The highest BCUT2D eigenvalue weighted by Crippen LogP contribution is 2.26. The molecule has 0 spiro atoms. The highest BCUT2D eigenvalue weighted by atomic mass is 32.2. The lowest BCUT2D eigenvalue weighted by Crippen LogP contribution is -2.42. The Kier molecular flexibility index (Phi) is 8.05. The number of fused-ring (bicyclic) bond motifs is 1. The number of benzene rings is 2. The van der Waals surface area contributed by atoms with Crippen molar-refractivity contribution in [1.29, 1.82) is 0 Å². The Labute approximate surface area is 214 Å². The number of thiazole rings is 1. The van der Waals surface area contributed by atoms with Gasteiger partial charge in [-0.15, -0.1) is 0 Å². The van der Waals surface area contributed by atoms with Crippen molar-refractivity contribution in [3.8, 4) is 5.75 Å². The maximum absolute atomic E-state index is 13.3. The molecule has 0 aliphatic carbocycles. The molecule has 1 unspecified atom stereocenters. The zero-order valence-corrected chi connectivity index (χ0v) is 22.9. The fraction of sp³-hybridized carbons (Fsp3) is 0.440. The van der Waals surface area contributed by atoms with Gasteiger partial charge in [0.05, 0.1) is 28.1 Å². The van der Waals surface area contributed by atoms with E-state index in [1.807, 2.05) is 0 Å². The maximum Gasteiger partial charge on any atom is 0.252 e. The van der Waals surface area contributed by atoms with Crippen molar-refractivity contribution in [2.24, 2.45) is 10.9 Å². The topological polar surface area (TPSA) is 81.0 Å². The van der Waals surface area contributed by atoms with Gasteiger partial charge in [-0.25, -0.2) is 8.42 Å². The van der Waals surface area contributed by atoms with Crippen molar-refractivity contribution >= 4 is 49.2 Å². The van der Waals surface area contributed by atoms with Crippen molar-refractivity contribution in [3.05, 3.63) is 52.3 Å². The summed E-state index contributed by atoms with van der Waals surface area (Å²) in [7, 11) is -2.16. The molecule has 4 rings (SSSR count). The Balaban J connectivity index is 1.62. The Morgan fingerprint density at radius 1 is 1.20 bits per heavy atom. The van der Waals surface area contributed by atoms with Crippen LogP contribution in [0.5, 0.6) is 5.75 Å². The van der Waals surface area contributed by atoms with Crippen molar-refractivity contribution in [2.45, 2.75) is 38.1 Å². The normalized spacial score (nSPS) is 17.7. The van der Waals surface area contributed by atoms with Crippen LogP contribution in [0.3, 0.4) is 0 Å². The van der Waals surface area contributed by atoms with Gasteiger partial charge in [-0.05, 0) is 80.5 Å². The first-order valence-corrected chi connectivity index (χ1v) is 15.2. The molecule has 1 aromatic heterocycles. The van der Waals surface area contributed by atoms with Gasteiger partial charge in [0.15, 0.2) is 4.80 Å². The summed E-state index contributed by atoms with van der Waals surface area (Å²) < 4.78 is 36.2. The van der Waals surface area contributed by atoms with Crippen LogP contribution in [0, 0.1) is 19.8 Å². The summed E-state index contributed by atoms with van der Waals surface area (Å²) in [4.78, 5) is 18.7. The lowest BCUT2D eigenvalue weighted by atomic mass is 9.99. The second-order valence-electron chi connectivity index (χ2n) is 8.76. The first-order chi connectivity index (χ1) is 16.7. The van der Waals surface area contributed by atoms with Crippen LogP contribution < -0.4 is 9.54 Å². The molecule has 7 nitrogen and oxygen atoms in total. The van der Waals surface area contributed by atoms with E-state index in [2.05, 4.69) is 41.8 Å². The fourth-order valence-corrected chi connectivity index (χ4v) is 7.28. The number of methoxy groups -OCH3 is 1. The molecule has 2 heterocycles. The zero-order valence-electron chi connectivity index (χ0n) is 20.5. The van der Waals surface area contributed by atoms with E-state index < -0.39 is 15.9 Å². The summed E-state index contributed by atoms with van der Waals surface area (Å²) in [6, 6.07) is 10.7. The second kappa shape index (κ2) is 10.9. The number of rotatable bonds is 7. The van der Waals surface area contributed by atoms with E-state index in [1.54, 1.807) is 36.0 Å². The van der Waals surface area contributed by atoms with Crippen LogP contribution >= 0.6 is 23.1 Å². The van der Waals surface area contributed by atoms with Gasteiger partial charge in [0.25, 0.3) is 5.91 Å². The molecule has 1 aliphatic rings. The van der Waals surface area contributed by atoms with Crippen LogP contribution in [0.2, 0.25) is 0 Å². The van der Waals surface area contributed by atoms with Crippen LogP contribution in [0.1, 0.15) is 24.0 Å². The largest absolute Gasteiger partial charge is 0.497 e. The first kappa shape index (κ1) is 25.9.